The van der Waals surface area contributed by atoms with Crippen molar-refractivity contribution in [1.82, 2.24) is 0 Å². The van der Waals surface area contributed by atoms with Gasteiger partial charge in [0, 0.05) is 0 Å². The Kier molecular flexibility index (Phi) is 34.4. The van der Waals surface area contributed by atoms with Gasteiger partial charge in [0.25, 0.3) is 0 Å². The van der Waals surface area contributed by atoms with Crippen LogP contribution in [0.3, 0.4) is 0 Å². The zero-order valence-corrected chi connectivity index (χ0v) is 9.44. The molecule has 0 spiro atoms. The third kappa shape index (κ3) is 37.7. The van der Waals surface area contributed by atoms with Gasteiger partial charge in [-0.25, -0.2) is 0 Å². The predicted octanol–water partition coefficient (Wildman–Crippen LogP) is 1.28. The molecule has 0 aromatic rings. The van der Waals surface area contributed by atoms with Crippen LogP contribution in [0.1, 0.15) is 20.3 Å². The summed E-state index contributed by atoms with van der Waals surface area (Å²) >= 11 is 0.750. The van der Waals surface area contributed by atoms with Crippen LogP contribution in [0, 0.1) is 0 Å². The number of hydrogen-bond acceptors (Lipinski definition) is 3. The second kappa shape index (κ2) is 16.8. The summed E-state index contributed by atoms with van der Waals surface area (Å²) in [6, 6.07) is 0. The van der Waals surface area contributed by atoms with Crippen molar-refractivity contribution in [1.29, 1.82) is 0 Å². The number of Topliss-reactive ketones (excluding diaryl/α,β-unsaturated/α-hetero) is 2. The SMILES string of the molecule is CC(=O)CC(C)=O.Cl.Cl.[O]=[Ti]. The van der Waals surface area contributed by atoms with E-state index in [9.17, 15) is 9.59 Å². The summed E-state index contributed by atoms with van der Waals surface area (Å²) in [6.45, 7) is 2.81. The van der Waals surface area contributed by atoms with Crippen molar-refractivity contribution in [3.05, 3.63) is 0 Å². The molecule has 0 saturated carbocycles. The summed E-state index contributed by atoms with van der Waals surface area (Å²) in [5.41, 5.74) is 0. The summed E-state index contributed by atoms with van der Waals surface area (Å²) in [5.74, 6) is -0.125. The minimum absolute atomic E-state index is 0. The van der Waals surface area contributed by atoms with Crippen molar-refractivity contribution in [3.63, 3.8) is 0 Å². The summed E-state index contributed by atoms with van der Waals surface area (Å²) < 4.78 is 8.25. The van der Waals surface area contributed by atoms with Crippen molar-refractivity contribution in [3.8, 4) is 0 Å². The molecule has 0 amide bonds. The molecule has 0 fully saturated rings. The fourth-order valence-corrected chi connectivity index (χ4v) is 0.351. The fourth-order valence-electron chi connectivity index (χ4n) is 0.351. The molecule has 0 rings (SSSR count). The van der Waals surface area contributed by atoms with E-state index in [0.717, 1.165) is 20.4 Å². The van der Waals surface area contributed by atoms with E-state index < -0.39 is 0 Å². The number of carbonyl (C=O) groups is 2. The molecule has 0 aliphatic carbocycles. The summed E-state index contributed by atoms with van der Waals surface area (Å²) in [5, 5.41) is 0. The first-order valence-electron chi connectivity index (χ1n) is 2.32. The van der Waals surface area contributed by atoms with E-state index in [2.05, 4.69) is 0 Å². The van der Waals surface area contributed by atoms with Gasteiger partial charge in [-0.3, -0.25) is 9.59 Å². The van der Waals surface area contributed by atoms with E-state index in [1.165, 1.54) is 13.8 Å². The van der Waals surface area contributed by atoms with E-state index in [4.69, 9.17) is 3.32 Å². The molecule has 6 heteroatoms. The van der Waals surface area contributed by atoms with Crippen molar-refractivity contribution in [2.75, 3.05) is 0 Å². The van der Waals surface area contributed by atoms with Gasteiger partial charge in [-0.1, -0.05) is 0 Å². The first kappa shape index (κ1) is 22.5. The molecule has 0 atom stereocenters. The average molecular weight is 237 g/mol. The Morgan fingerprint density at radius 2 is 1.18 bits per heavy atom. The molecule has 0 aliphatic heterocycles. The molecule has 3 nitrogen and oxygen atoms in total. The number of carbonyl (C=O) groups excluding carboxylic acids is 2. The quantitative estimate of drug-likeness (QED) is 0.536. The summed E-state index contributed by atoms with van der Waals surface area (Å²) in [7, 11) is 0. The van der Waals surface area contributed by atoms with Crippen LogP contribution in [-0.2, 0) is 33.3 Å². The Balaban J connectivity index is -0.0000000564. The normalized spacial score (nSPS) is 5.55. The van der Waals surface area contributed by atoms with Crippen LogP contribution in [0.4, 0.5) is 0 Å². The minimum atomic E-state index is -0.0625. The van der Waals surface area contributed by atoms with E-state index >= 15 is 0 Å². The number of ketones is 2. The van der Waals surface area contributed by atoms with Crippen molar-refractivity contribution >= 4 is 36.4 Å². The second-order valence-electron chi connectivity index (χ2n) is 1.58. The van der Waals surface area contributed by atoms with Gasteiger partial charge in [-0.15, -0.1) is 24.8 Å². The molecule has 0 heterocycles. The topological polar surface area (TPSA) is 51.2 Å². The zero-order chi connectivity index (χ0) is 7.86. The maximum absolute atomic E-state index is 10.0. The van der Waals surface area contributed by atoms with Crippen LogP contribution in [0.25, 0.3) is 0 Å². The fraction of sp³-hybridized carbons (Fsp3) is 0.600. The first-order chi connectivity index (χ1) is 4.13. The van der Waals surface area contributed by atoms with Crippen LogP contribution in [0.2, 0.25) is 0 Å². The average Bonchev–Trinajstić information content (AvgIpc) is 1.68. The Morgan fingerprint density at radius 1 is 1.00 bits per heavy atom. The number of halogens is 2. The van der Waals surface area contributed by atoms with Gasteiger partial charge in [0.05, 0.1) is 6.42 Å². The van der Waals surface area contributed by atoms with Gasteiger partial charge < -0.3 is 0 Å². The van der Waals surface area contributed by atoms with E-state index in [0.29, 0.717) is 0 Å². The van der Waals surface area contributed by atoms with Crippen molar-refractivity contribution in [2.45, 2.75) is 20.3 Å². The molecule has 0 saturated heterocycles. The van der Waals surface area contributed by atoms with Gasteiger partial charge in [0.1, 0.15) is 11.6 Å². The Bertz CT molecular complexity index is 106. The van der Waals surface area contributed by atoms with Crippen LogP contribution >= 0.6 is 24.8 Å². The standard InChI is InChI=1S/C5H8O2.2ClH.O.Ti/c1-4(6)3-5(2)7;;;;/h3H2,1-2H3;2*1H;;. The molecule has 0 aliphatic rings. The predicted molar refractivity (Wildman–Crippen MR) is 41.2 cm³/mol. The van der Waals surface area contributed by atoms with Crippen LogP contribution in [-0.4, -0.2) is 11.6 Å². The molecule has 0 radical (unpaired) electrons. The summed E-state index contributed by atoms with van der Waals surface area (Å²) in [4.78, 5) is 20.1. The van der Waals surface area contributed by atoms with Gasteiger partial charge in [0.15, 0.2) is 0 Å². The molecule has 11 heavy (non-hydrogen) atoms. The van der Waals surface area contributed by atoms with Gasteiger partial charge >= 0.3 is 23.7 Å². The van der Waals surface area contributed by atoms with Crippen molar-refractivity contribution in [2.24, 2.45) is 0 Å². The third-order valence-corrected chi connectivity index (χ3v) is 0.498. The van der Waals surface area contributed by atoms with Gasteiger partial charge in [-0.2, -0.15) is 0 Å². The Hall–Kier alpha value is 0.434. The number of hydrogen-bond donors (Lipinski definition) is 0. The molecule has 0 aromatic carbocycles. The first-order valence-corrected chi connectivity index (χ1v) is 2.96. The van der Waals surface area contributed by atoms with Crippen LogP contribution < -0.4 is 0 Å². The van der Waals surface area contributed by atoms with E-state index in [1.807, 2.05) is 0 Å². The Morgan fingerprint density at radius 3 is 1.18 bits per heavy atom. The molecule has 0 aromatic heterocycles. The number of rotatable bonds is 2. The zero-order valence-electron chi connectivity index (χ0n) is 6.25. The molecular formula is C5H10Cl2O3Ti. The van der Waals surface area contributed by atoms with E-state index in [-0.39, 0.29) is 42.8 Å². The molecule has 0 unspecified atom stereocenters. The monoisotopic (exact) mass is 236 g/mol. The summed E-state index contributed by atoms with van der Waals surface area (Å²) in [6.07, 6.45) is 0.0833. The van der Waals surface area contributed by atoms with Gasteiger partial charge in [0.2, 0.25) is 0 Å². The van der Waals surface area contributed by atoms with Gasteiger partial charge in [-0.05, 0) is 13.8 Å². The molecule has 0 bridgehead atoms. The molecule has 0 N–H and O–H groups in total. The molecule has 66 valence electrons. The maximum atomic E-state index is 10.0. The van der Waals surface area contributed by atoms with Crippen LogP contribution in [0.5, 0.6) is 0 Å². The van der Waals surface area contributed by atoms with Crippen LogP contribution in [0.15, 0.2) is 0 Å². The third-order valence-electron chi connectivity index (χ3n) is 0.498. The Labute approximate surface area is 89.9 Å². The molecular weight excluding hydrogens is 227 g/mol. The van der Waals surface area contributed by atoms with E-state index in [1.54, 1.807) is 0 Å². The second-order valence-corrected chi connectivity index (χ2v) is 1.58. The van der Waals surface area contributed by atoms with Crippen molar-refractivity contribution < 1.29 is 33.3 Å².